The van der Waals surface area contributed by atoms with Gasteiger partial charge in [-0.15, -0.1) is 0 Å². The summed E-state index contributed by atoms with van der Waals surface area (Å²) in [4.78, 5) is 40.8. The first-order valence-corrected chi connectivity index (χ1v) is 14.8. The summed E-state index contributed by atoms with van der Waals surface area (Å²) in [6, 6.07) is 14.1. The Hall–Kier alpha value is -4.26. The predicted octanol–water partition coefficient (Wildman–Crippen LogP) is 2.75. The molecule has 1 aliphatic rings. The second kappa shape index (κ2) is 16.0. The Morgan fingerprint density at radius 1 is 0.830 bits per heavy atom. The summed E-state index contributed by atoms with van der Waals surface area (Å²) in [5.41, 5.74) is -0.252. The molecule has 47 heavy (non-hydrogen) atoms. The molecule has 5 rings (SSSR count). The van der Waals surface area contributed by atoms with Gasteiger partial charge in [0.2, 0.25) is 11.8 Å². The molecule has 2 amide bonds. The molecule has 1 fully saturated rings. The van der Waals surface area contributed by atoms with Crippen molar-refractivity contribution in [2.24, 2.45) is 5.41 Å². The van der Waals surface area contributed by atoms with Crippen LogP contribution < -0.4 is 59.5 Å². The number of ether oxygens (including phenoxy) is 3. The van der Waals surface area contributed by atoms with E-state index in [1.165, 1.54) is 49.7 Å². The zero-order valence-corrected chi connectivity index (χ0v) is 28.1. The number of methoxy groups -OCH3 is 1. The van der Waals surface area contributed by atoms with Crippen LogP contribution in [0.5, 0.6) is 23.0 Å². The van der Waals surface area contributed by atoms with E-state index in [0.717, 1.165) is 25.3 Å². The molecule has 240 valence electrons. The van der Waals surface area contributed by atoms with Gasteiger partial charge in [-0.1, -0.05) is 12.8 Å². The van der Waals surface area contributed by atoms with Gasteiger partial charge in [0.15, 0.2) is 23.1 Å². The molecular formula is C34H32F2N3NaO7. The Kier molecular flexibility index (Phi) is 12.1. The standard InChI is InChI=1S/C34H33F2N3O7.Na/c1-44-29-19-24-26(20-30(29)45-17-5-3-2-4-6-31(40)41)37-16-13-27(24)46-28-12-11-23(18-25(28)36)39-33(43)34(14-15-34)32(42)38-22-9-7-21(35)8-10-22;/h7-13,16,18-20H,2-6,14-15,17H2,1H3,(H,38,42)(H,39,43)(H,40,41);/q;+1/p-1. The Morgan fingerprint density at radius 3 is 2.17 bits per heavy atom. The summed E-state index contributed by atoms with van der Waals surface area (Å²) in [5, 5.41) is 16.3. The molecule has 13 heteroatoms. The van der Waals surface area contributed by atoms with Gasteiger partial charge in [-0.2, -0.15) is 0 Å². The molecular weight excluding hydrogens is 623 g/mol. The molecule has 0 spiro atoms. The van der Waals surface area contributed by atoms with Crippen molar-refractivity contribution in [2.75, 3.05) is 24.4 Å². The minimum Gasteiger partial charge on any atom is -0.550 e. The molecule has 1 aromatic heterocycles. The number of aliphatic carboxylic acids is 1. The monoisotopic (exact) mass is 655 g/mol. The quantitative estimate of drug-likeness (QED) is 0.113. The first-order chi connectivity index (χ1) is 22.2. The van der Waals surface area contributed by atoms with Crippen LogP contribution in [-0.2, 0) is 14.4 Å². The van der Waals surface area contributed by atoms with Crippen molar-refractivity contribution in [3.05, 3.63) is 78.5 Å². The van der Waals surface area contributed by atoms with Crippen molar-refractivity contribution < 1.29 is 72.0 Å². The topological polar surface area (TPSA) is 139 Å². The van der Waals surface area contributed by atoms with Gasteiger partial charge in [-0.25, -0.2) is 8.78 Å². The molecule has 10 nitrogen and oxygen atoms in total. The van der Waals surface area contributed by atoms with Crippen molar-refractivity contribution in [1.29, 1.82) is 0 Å². The van der Waals surface area contributed by atoms with E-state index in [4.69, 9.17) is 14.2 Å². The molecule has 0 atom stereocenters. The number of nitrogens with one attached hydrogen (secondary N) is 2. The fourth-order valence-corrected chi connectivity index (χ4v) is 4.89. The fourth-order valence-electron chi connectivity index (χ4n) is 4.89. The third-order valence-electron chi connectivity index (χ3n) is 7.65. The van der Waals surface area contributed by atoms with Crippen LogP contribution in [0.1, 0.15) is 44.9 Å². The van der Waals surface area contributed by atoms with E-state index in [1.54, 1.807) is 18.2 Å². The molecule has 4 aromatic rings. The number of fused-ring (bicyclic) bond motifs is 1. The molecule has 3 aromatic carbocycles. The summed E-state index contributed by atoms with van der Waals surface area (Å²) in [5.74, 6) is -2.21. The Morgan fingerprint density at radius 2 is 1.51 bits per heavy atom. The summed E-state index contributed by atoms with van der Waals surface area (Å²) in [6.45, 7) is 0.400. The van der Waals surface area contributed by atoms with E-state index in [-0.39, 0.29) is 47.4 Å². The van der Waals surface area contributed by atoms with Crippen molar-refractivity contribution in [1.82, 2.24) is 4.98 Å². The van der Waals surface area contributed by atoms with Crippen LogP contribution in [0.25, 0.3) is 10.9 Å². The molecule has 1 saturated carbocycles. The number of carboxylic acid groups (broad SMARTS) is 1. The van der Waals surface area contributed by atoms with Crippen LogP contribution in [0.2, 0.25) is 0 Å². The van der Waals surface area contributed by atoms with E-state index in [2.05, 4.69) is 15.6 Å². The average molecular weight is 656 g/mol. The average Bonchev–Trinajstić information content (AvgIpc) is 3.85. The largest absolute Gasteiger partial charge is 1.00 e. The number of unbranched alkanes of at least 4 members (excludes halogenated alkanes) is 3. The molecule has 2 N–H and O–H groups in total. The van der Waals surface area contributed by atoms with E-state index in [0.29, 0.717) is 59.7 Å². The summed E-state index contributed by atoms with van der Waals surface area (Å²) < 4.78 is 45.7. The van der Waals surface area contributed by atoms with Gasteiger partial charge < -0.3 is 34.7 Å². The summed E-state index contributed by atoms with van der Waals surface area (Å²) >= 11 is 0. The number of pyridine rings is 1. The van der Waals surface area contributed by atoms with Crippen LogP contribution >= 0.6 is 0 Å². The number of amides is 2. The van der Waals surface area contributed by atoms with Gasteiger partial charge in [0.25, 0.3) is 0 Å². The summed E-state index contributed by atoms with van der Waals surface area (Å²) in [6.07, 6.45) is 5.07. The summed E-state index contributed by atoms with van der Waals surface area (Å²) in [7, 11) is 1.50. The molecule has 0 aliphatic heterocycles. The molecule has 0 saturated heterocycles. The van der Waals surface area contributed by atoms with Gasteiger partial charge in [0.05, 0.1) is 19.2 Å². The number of hydrogen-bond donors (Lipinski definition) is 2. The number of carboxylic acids is 1. The van der Waals surface area contributed by atoms with Gasteiger partial charge in [-0.05, 0) is 80.6 Å². The minimum atomic E-state index is -1.29. The SMILES string of the molecule is COc1cc2c(Oc3ccc(NC(=O)C4(C(=O)Nc5ccc(F)cc5)CC4)cc3F)ccnc2cc1OCCCCCCC(=O)[O-].[Na+]. The minimum absolute atomic E-state index is 0. The third-order valence-corrected chi connectivity index (χ3v) is 7.65. The van der Waals surface area contributed by atoms with Crippen LogP contribution in [0.3, 0.4) is 0 Å². The molecule has 0 unspecified atom stereocenters. The van der Waals surface area contributed by atoms with E-state index in [1.807, 2.05) is 0 Å². The molecule has 0 bridgehead atoms. The number of rotatable bonds is 15. The number of carbonyl (C=O) groups excluding carboxylic acids is 3. The van der Waals surface area contributed by atoms with Crippen LogP contribution in [0, 0.1) is 17.0 Å². The number of carbonyl (C=O) groups is 3. The second-order valence-electron chi connectivity index (χ2n) is 11.0. The van der Waals surface area contributed by atoms with Crippen molar-refractivity contribution >= 4 is 40.1 Å². The maximum Gasteiger partial charge on any atom is 1.00 e. The van der Waals surface area contributed by atoms with Crippen LogP contribution in [0.4, 0.5) is 20.2 Å². The molecule has 1 aliphatic carbocycles. The number of hydrogen-bond acceptors (Lipinski definition) is 8. The Labute approximate surface area is 292 Å². The third kappa shape index (κ3) is 8.97. The van der Waals surface area contributed by atoms with Crippen LogP contribution in [-0.4, -0.2) is 36.5 Å². The van der Waals surface area contributed by atoms with E-state index < -0.39 is 34.8 Å². The van der Waals surface area contributed by atoms with E-state index >= 15 is 4.39 Å². The van der Waals surface area contributed by atoms with Crippen molar-refractivity contribution in [3.63, 3.8) is 0 Å². The number of benzene rings is 3. The van der Waals surface area contributed by atoms with Crippen molar-refractivity contribution in [2.45, 2.75) is 44.9 Å². The number of nitrogens with zero attached hydrogens (tertiary/aromatic N) is 1. The Balaban J connectivity index is 0.00000500. The number of aromatic nitrogens is 1. The van der Waals surface area contributed by atoms with Gasteiger partial charge in [-0.3, -0.25) is 14.6 Å². The van der Waals surface area contributed by atoms with Crippen molar-refractivity contribution in [3.8, 4) is 23.0 Å². The van der Waals surface area contributed by atoms with Crippen LogP contribution in [0.15, 0.2) is 66.9 Å². The predicted molar refractivity (Wildman–Crippen MR) is 164 cm³/mol. The van der Waals surface area contributed by atoms with E-state index in [9.17, 15) is 23.9 Å². The molecule has 1 heterocycles. The number of anilines is 2. The second-order valence-corrected chi connectivity index (χ2v) is 11.0. The zero-order chi connectivity index (χ0) is 32.7. The Bertz CT molecular complexity index is 1750. The van der Waals surface area contributed by atoms with Gasteiger partial charge in [0, 0.05) is 41.1 Å². The first kappa shape index (κ1) is 35.6. The first-order valence-electron chi connectivity index (χ1n) is 14.8. The smallest absolute Gasteiger partial charge is 0.550 e. The maximum atomic E-state index is 15.2. The zero-order valence-electron chi connectivity index (χ0n) is 26.1. The molecule has 0 radical (unpaired) electrons. The van der Waals surface area contributed by atoms with Gasteiger partial charge in [0.1, 0.15) is 17.0 Å². The van der Waals surface area contributed by atoms with Gasteiger partial charge >= 0.3 is 29.6 Å². The number of halogens is 2. The normalized spacial score (nSPS) is 12.8. The fraction of sp³-hybridized carbons (Fsp3) is 0.294. The maximum absolute atomic E-state index is 15.2.